The number of benzene rings is 1. The molecular weight excluding hydrogens is 347 g/mol. The van der Waals surface area contributed by atoms with Gasteiger partial charge in [0.2, 0.25) is 0 Å². The van der Waals surface area contributed by atoms with Gasteiger partial charge in [0.15, 0.2) is 18.9 Å². The van der Waals surface area contributed by atoms with Crippen molar-refractivity contribution < 1.29 is 28.5 Å². The van der Waals surface area contributed by atoms with E-state index in [2.05, 4.69) is 43.5 Å². The minimum absolute atomic E-state index is 0. The minimum atomic E-state index is 0. The number of nitrogens with zero attached hydrogens (tertiary/aromatic N) is 2. The van der Waals surface area contributed by atoms with Gasteiger partial charge in [-0.2, -0.15) is 9.83 Å². The largest absolute Gasteiger partial charge is 1.00 e. The molecule has 0 aliphatic carbocycles. The molecule has 0 amide bonds. The fourth-order valence-electron chi connectivity index (χ4n) is 2.33. The molecule has 0 unspecified atom stereocenters. The molecule has 2 aromatic rings. The summed E-state index contributed by atoms with van der Waals surface area (Å²) in [5.74, 6) is 0. The molecule has 0 aliphatic heterocycles. The van der Waals surface area contributed by atoms with Gasteiger partial charge in [-0.3, -0.25) is 0 Å². The number of hydrogen-bond donors (Lipinski definition) is 0. The topological polar surface area (TPSA) is 27.7 Å². The van der Waals surface area contributed by atoms with Crippen LogP contribution in [0.2, 0.25) is 0 Å². The molecule has 2 nitrogen and oxygen atoms in total. The Morgan fingerprint density at radius 3 is 2.37 bits per heavy atom. The Hall–Kier alpha value is -1.41. The minimum Gasteiger partial charge on any atom is -1.00 e. The SMILES string of the molecule is Cc1cc(C)c(C[n+]2cccc(C#N)c2)c(C)c1.[I-]. The highest BCUT2D eigenvalue weighted by molar-refractivity contribution is 5.36. The summed E-state index contributed by atoms with van der Waals surface area (Å²) in [5.41, 5.74) is 5.94. The van der Waals surface area contributed by atoms with Gasteiger partial charge < -0.3 is 24.0 Å². The quantitative estimate of drug-likeness (QED) is 0.537. The van der Waals surface area contributed by atoms with Crippen molar-refractivity contribution >= 4 is 0 Å². The zero-order valence-electron chi connectivity index (χ0n) is 11.4. The predicted molar refractivity (Wildman–Crippen MR) is 71.1 cm³/mol. The van der Waals surface area contributed by atoms with Crippen LogP contribution in [0.25, 0.3) is 0 Å². The number of pyridine rings is 1. The molecule has 0 N–H and O–H groups in total. The first-order chi connectivity index (χ1) is 8.60. The molecule has 0 saturated heterocycles. The van der Waals surface area contributed by atoms with Crippen LogP contribution in [0.15, 0.2) is 36.7 Å². The molecule has 3 heteroatoms. The Kier molecular flexibility index (Phi) is 5.49. The van der Waals surface area contributed by atoms with Crippen LogP contribution in [-0.4, -0.2) is 0 Å². The average molecular weight is 364 g/mol. The average Bonchev–Trinajstić information content (AvgIpc) is 2.34. The highest BCUT2D eigenvalue weighted by Gasteiger charge is 2.10. The van der Waals surface area contributed by atoms with Crippen LogP contribution in [0, 0.1) is 32.1 Å². The number of hydrogen-bond acceptors (Lipinski definition) is 1. The van der Waals surface area contributed by atoms with Crippen molar-refractivity contribution in [3.63, 3.8) is 0 Å². The second kappa shape index (κ2) is 6.67. The maximum Gasteiger partial charge on any atom is 0.186 e. The van der Waals surface area contributed by atoms with Crippen molar-refractivity contribution in [2.45, 2.75) is 27.3 Å². The lowest BCUT2D eigenvalue weighted by molar-refractivity contribution is -0.688. The molecule has 0 saturated carbocycles. The van der Waals surface area contributed by atoms with E-state index in [9.17, 15) is 0 Å². The summed E-state index contributed by atoms with van der Waals surface area (Å²) in [4.78, 5) is 0. The smallest absolute Gasteiger partial charge is 0.186 e. The molecule has 0 spiro atoms. The molecule has 0 atom stereocenters. The van der Waals surface area contributed by atoms with Crippen LogP contribution in [0.5, 0.6) is 0 Å². The zero-order chi connectivity index (χ0) is 13.1. The van der Waals surface area contributed by atoms with E-state index in [1.165, 1.54) is 22.3 Å². The molecule has 0 fully saturated rings. The molecule has 1 heterocycles. The third-order valence-electron chi connectivity index (χ3n) is 3.17. The first-order valence-corrected chi connectivity index (χ1v) is 6.06. The van der Waals surface area contributed by atoms with Crippen molar-refractivity contribution in [3.8, 4) is 6.07 Å². The van der Waals surface area contributed by atoms with Crippen LogP contribution in [0.4, 0.5) is 0 Å². The fourth-order valence-corrected chi connectivity index (χ4v) is 2.33. The Morgan fingerprint density at radius 1 is 1.16 bits per heavy atom. The van der Waals surface area contributed by atoms with Crippen LogP contribution in [0.3, 0.4) is 0 Å². The van der Waals surface area contributed by atoms with Gasteiger partial charge in [-0.15, -0.1) is 0 Å². The van der Waals surface area contributed by atoms with Gasteiger partial charge in [-0.25, -0.2) is 0 Å². The second-order valence-corrected chi connectivity index (χ2v) is 4.75. The van der Waals surface area contributed by atoms with E-state index in [1.54, 1.807) is 0 Å². The number of aryl methyl sites for hydroxylation is 3. The Morgan fingerprint density at radius 2 is 1.79 bits per heavy atom. The van der Waals surface area contributed by atoms with Crippen LogP contribution < -0.4 is 28.5 Å². The van der Waals surface area contributed by atoms with Crippen molar-refractivity contribution in [1.29, 1.82) is 5.26 Å². The highest BCUT2D eigenvalue weighted by Crippen LogP contribution is 2.15. The van der Waals surface area contributed by atoms with Gasteiger partial charge in [0.25, 0.3) is 0 Å². The molecule has 19 heavy (non-hydrogen) atoms. The summed E-state index contributed by atoms with van der Waals surface area (Å²) >= 11 is 0. The lowest BCUT2D eigenvalue weighted by Gasteiger charge is -2.08. The Labute approximate surface area is 131 Å². The summed E-state index contributed by atoms with van der Waals surface area (Å²) < 4.78 is 2.06. The van der Waals surface area contributed by atoms with Crippen LogP contribution in [0.1, 0.15) is 27.8 Å². The van der Waals surface area contributed by atoms with Gasteiger partial charge >= 0.3 is 0 Å². The number of nitriles is 1. The van der Waals surface area contributed by atoms with E-state index in [4.69, 9.17) is 5.26 Å². The molecule has 0 aliphatic rings. The highest BCUT2D eigenvalue weighted by atomic mass is 127. The van der Waals surface area contributed by atoms with Crippen molar-refractivity contribution in [2.24, 2.45) is 0 Å². The van der Waals surface area contributed by atoms with Crippen molar-refractivity contribution in [2.75, 3.05) is 0 Å². The lowest BCUT2D eigenvalue weighted by atomic mass is 10.00. The standard InChI is InChI=1S/C16H17N2.HI/c1-12-7-13(2)16(14(3)8-12)11-18-6-4-5-15(9-17)10-18;/h4-8,10H,11H2,1-3H3;1H/q+1;/p-1. The summed E-state index contributed by atoms with van der Waals surface area (Å²) in [5, 5.41) is 8.91. The maximum atomic E-state index is 8.91. The fraction of sp³-hybridized carbons (Fsp3) is 0.250. The van der Waals surface area contributed by atoms with E-state index < -0.39 is 0 Å². The molecule has 98 valence electrons. The molecule has 2 rings (SSSR count). The van der Waals surface area contributed by atoms with Gasteiger partial charge in [0.1, 0.15) is 11.6 Å². The Bertz CT molecular complexity index is 604. The number of aromatic nitrogens is 1. The summed E-state index contributed by atoms with van der Waals surface area (Å²) in [6, 6.07) is 10.3. The normalized spacial score (nSPS) is 9.58. The van der Waals surface area contributed by atoms with Crippen LogP contribution in [-0.2, 0) is 6.54 Å². The lowest BCUT2D eigenvalue weighted by Crippen LogP contribution is -3.00. The Balaban J connectivity index is 0.00000180. The first kappa shape index (κ1) is 15.6. The van der Waals surface area contributed by atoms with E-state index >= 15 is 0 Å². The number of rotatable bonds is 2. The van der Waals surface area contributed by atoms with Gasteiger partial charge in [-0.05, 0) is 38.0 Å². The van der Waals surface area contributed by atoms with E-state index in [1.807, 2.05) is 24.5 Å². The molecular formula is C16H17IN2. The predicted octanol–water partition coefficient (Wildman–Crippen LogP) is -0.177. The third kappa shape index (κ3) is 3.77. The number of halogens is 1. The molecule has 1 aromatic heterocycles. The molecule has 0 bridgehead atoms. The van der Waals surface area contributed by atoms with Gasteiger partial charge in [0, 0.05) is 11.6 Å². The third-order valence-corrected chi connectivity index (χ3v) is 3.17. The summed E-state index contributed by atoms with van der Waals surface area (Å²) in [6.45, 7) is 7.22. The van der Waals surface area contributed by atoms with Gasteiger partial charge in [-0.1, -0.05) is 17.7 Å². The zero-order valence-corrected chi connectivity index (χ0v) is 13.6. The molecule has 0 radical (unpaired) electrons. The monoisotopic (exact) mass is 364 g/mol. The van der Waals surface area contributed by atoms with Crippen LogP contribution >= 0.6 is 0 Å². The van der Waals surface area contributed by atoms with Crippen molar-refractivity contribution in [3.05, 3.63) is 64.5 Å². The van der Waals surface area contributed by atoms with E-state index in [0.29, 0.717) is 5.56 Å². The van der Waals surface area contributed by atoms with E-state index in [0.717, 1.165) is 6.54 Å². The van der Waals surface area contributed by atoms with E-state index in [-0.39, 0.29) is 24.0 Å². The summed E-state index contributed by atoms with van der Waals surface area (Å²) in [6.07, 6.45) is 3.89. The maximum absolute atomic E-state index is 8.91. The summed E-state index contributed by atoms with van der Waals surface area (Å²) in [7, 11) is 0. The second-order valence-electron chi connectivity index (χ2n) is 4.75. The first-order valence-electron chi connectivity index (χ1n) is 6.06. The van der Waals surface area contributed by atoms with Crippen molar-refractivity contribution in [1.82, 2.24) is 0 Å². The molecule has 1 aromatic carbocycles. The van der Waals surface area contributed by atoms with Gasteiger partial charge in [0.05, 0.1) is 0 Å².